The van der Waals surface area contributed by atoms with Gasteiger partial charge >= 0.3 is 5.97 Å². The maximum atomic E-state index is 12.4. The first-order valence-electron chi connectivity index (χ1n) is 10.6. The van der Waals surface area contributed by atoms with Gasteiger partial charge in [0.1, 0.15) is 11.3 Å². The number of benzene rings is 1. The van der Waals surface area contributed by atoms with E-state index in [0.717, 1.165) is 41.5 Å². The molecule has 0 spiro atoms. The highest BCUT2D eigenvalue weighted by molar-refractivity contribution is 6.18. The van der Waals surface area contributed by atoms with Crippen LogP contribution in [0, 0.1) is 13.8 Å². The van der Waals surface area contributed by atoms with Crippen LogP contribution in [0.1, 0.15) is 97.8 Å². The Bertz CT molecular complexity index is 596. The van der Waals surface area contributed by atoms with Crippen LogP contribution >= 0.6 is 11.6 Å². The topological polar surface area (TPSA) is 46.5 Å². The van der Waals surface area contributed by atoms with Crippen LogP contribution in [-0.4, -0.2) is 23.6 Å². The van der Waals surface area contributed by atoms with Crippen LogP contribution in [0.2, 0.25) is 0 Å². The normalized spacial score (nSPS) is 11.0. The standard InChI is InChI=1S/C23H37ClO3/c1-5-7-8-9-10-11-12-13-14-20-17(3)19(15-16-24)18(4)21(22(20)25)23(26)27-6-2/h25H,5-16H2,1-4H3. The number of carbonyl (C=O) groups is 1. The highest BCUT2D eigenvalue weighted by atomic mass is 35.5. The molecule has 0 fully saturated rings. The van der Waals surface area contributed by atoms with Crippen LogP contribution in [0.4, 0.5) is 0 Å². The van der Waals surface area contributed by atoms with E-state index in [1.165, 1.54) is 38.5 Å². The molecule has 1 N–H and O–H groups in total. The molecule has 154 valence electrons. The number of hydrogen-bond donors (Lipinski definition) is 1. The van der Waals surface area contributed by atoms with Crippen LogP contribution in [0.25, 0.3) is 0 Å². The van der Waals surface area contributed by atoms with Gasteiger partial charge in [-0.05, 0) is 62.3 Å². The molecule has 1 aromatic carbocycles. The van der Waals surface area contributed by atoms with Crippen molar-refractivity contribution in [2.24, 2.45) is 0 Å². The van der Waals surface area contributed by atoms with Crippen molar-refractivity contribution in [2.75, 3.05) is 12.5 Å². The first-order chi connectivity index (χ1) is 13.0. The van der Waals surface area contributed by atoms with Crippen molar-refractivity contribution >= 4 is 17.6 Å². The number of carbonyl (C=O) groups excluding carboxylic acids is 1. The van der Waals surface area contributed by atoms with Gasteiger partial charge in [0.2, 0.25) is 0 Å². The van der Waals surface area contributed by atoms with Gasteiger partial charge < -0.3 is 9.84 Å². The lowest BCUT2D eigenvalue weighted by Crippen LogP contribution is -2.12. The Kier molecular flexibility index (Phi) is 11.5. The highest BCUT2D eigenvalue weighted by Gasteiger charge is 2.24. The summed E-state index contributed by atoms with van der Waals surface area (Å²) in [6, 6.07) is 0. The smallest absolute Gasteiger partial charge is 0.342 e. The third-order valence-corrected chi connectivity index (χ3v) is 5.55. The van der Waals surface area contributed by atoms with Crippen molar-refractivity contribution < 1.29 is 14.6 Å². The van der Waals surface area contributed by atoms with Gasteiger partial charge in [-0.15, -0.1) is 11.6 Å². The fraction of sp³-hybridized carbons (Fsp3) is 0.696. The molecule has 0 bridgehead atoms. The molecule has 1 aromatic rings. The Balaban J connectivity index is 2.87. The van der Waals surface area contributed by atoms with Gasteiger partial charge in [-0.3, -0.25) is 0 Å². The average Bonchev–Trinajstić information content (AvgIpc) is 2.63. The molecule has 3 nitrogen and oxygen atoms in total. The van der Waals surface area contributed by atoms with Crippen molar-refractivity contribution in [1.29, 1.82) is 0 Å². The van der Waals surface area contributed by atoms with E-state index in [1.807, 2.05) is 13.8 Å². The Morgan fingerprint density at radius 2 is 1.48 bits per heavy atom. The van der Waals surface area contributed by atoms with Crippen LogP contribution in [0.3, 0.4) is 0 Å². The minimum Gasteiger partial charge on any atom is -0.507 e. The minimum atomic E-state index is -0.444. The third-order valence-electron chi connectivity index (χ3n) is 5.36. The van der Waals surface area contributed by atoms with Gasteiger partial charge in [-0.2, -0.15) is 0 Å². The number of phenolic OH excluding ortho intramolecular Hbond substituents is 1. The van der Waals surface area contributed by atoms with Crippen molar-refractivity contribution in [2.45, 2.75) is 91.9 Å². The Labute approximate surface area is 170 Å². The van der Waals surface area contributed by atoms with Gasteiger partial charge in [0.05, 0.1) is 6.61 Å². The van der Waals surface area contributed by atoms with Crippen molar-refractivity contribution in [3.8, 4) is 5.75 Å². The number of hydrogen-bond acceptors (Lipinski definition) is 3. The van der Waals surface area contributed by atoms with E-state index >= 15 is 0 Å². The van der Waals surface area contributed by atoms with E-state index in [2.05, 4.69) is 6.92 Å². The Morgan fingerprint density at radius 3 is 2.04 bits per heavy atom. The van der Waals surface area contributed by atoms with Crippen LogP contribution < -0.4 is 0 Å². The molecule has 0 radical (unpaired) electrons. The summed E-state index contributed by atoms with van der Waals surface area (Å²) in [5, 5.41) is 10.8. The lowest BCUT2D eigenvalue weighted by Gasteiger charge is -2.20. The maximum Gasteiger partial charge on any atom is 0.342 e. The summed E-state index contributed by atoms with van der Waals surface area (Å²) in [6.07, 6.45) is 11.4. The molecule has 0 atom stereocenters. The zero-order chi connectivity index (χ0) is 20.2. The number of halogens is 1. The number of unbranched alkanes of at least 4 members (excludes halogenated alkanes) is 7. The molecule has 0 aromatic heterocycles. The van der Waals surface area contributed by atoms with Gasteiger partial charge in [0.15, 0.2) is 0 Å². The molecule has 0 saturated carbocycles. The fourth-order valence-electron chi connectivity index (χ4n) is 3.78. The molecule has 4 heteroatoms. The van der Waals surface area contributed by atoms with Gasteiger partial charge in [-0.1, -0.05) is 51.9 Å². The van der Waals surface area contributed by atoms with Gasteiger partial charge in [-0.25, -0.2) is 4.79 Å². The molecule has 0 amide bonds. The van der Waals surface area contributed by atoms with E-state index in [4.69, 9.17) is 16.3 Å². The summed E-state index contributed by atoms with van der Waals surface area (Å²) in [7, 11) is 0. The summed E-state index contributed by atoms with van der Waals surface area (Å²) in [4.78, 5) is 12.4. The van der Waals surface area contributed by atoms with Crippen molar-refractivity contribution in [3.05, 3.63) is 27.8 Å². The zero-order valence-corrected chi connectivity index (χ0v) is 18.4. The van der Waals surface area contributed by atoms with E-state index < -0.39 is 5.97 Å². The molecule has 0 aliphatic heterocycles. The number of phenols is 1. The molecule has 0 unspecified atom stereocenters. The SMILES string of the molecule is CCCCCCCCCCc1c(C)c(CCCl)c(C)c(C(=O)OCC)c1O. The Hall–Kier alpha value is -1.22. The average molecular weight is 397 g/mol. The van der Waals surface area contributed by atoms with Crippen molar-refractivity contribution in [1.82, 2.24) is 0 Å². The Morgan fingerprint density at radius 1 is 0.889 bits per heavy atom. The summed E-state index contributed by atoms with van der Waals surface area (Å²) < 4.78 is 5.18. The third kappa shape index (κ3) is 7.03. The maximum absolute atomic E-state index is 12.4. The summed E-state index contributed by atoms with van der Waals surface area (Å²) in [6.45, 7) is 8.22. The second kappa shape index (κ2) is 13.0. The van der Waals surface area contributed by atoms with E-state index in [-0.39, 0.29) is 5.75 Å². The first-order valence-corrected chi connectivity index (χ1v) is 11.1. The number of ether oxygens (including phenoxy) is 1. The molecule has 27 heavy (non-hydrogen) atoms. The van der Waals surface area contributed by atoms with Crippen LogP contribution in [0.5, 0.6) is 5.75 Å². The lowest BCUT2D eigenvalue weighted by molar-refractivity contribution is 0.0522. The second-order valence-electron chi connectivity index (χ2n) is 7.32. The summed E-state index contributed by atoms with van der Waals surface area (Å²) in [5.41, 5.74) is 4.14. The molecule has 0 heterocycles. The first kappa shape index (κ1) is 23.8. The van der Waals surface area contributed by atoms with Gasteiger partial charge in [0, 0.05) is 5.88 Å². The molecular weight excluding hydrogens is 360 g/mol. The number of aromatic hydroxyl groups is 1. The van der Waals surface area contributed by atoms with Crippen molar-refractivity contribution in [3.63, 3.8) is 0 Å². The fourth-order valence-corrected chi connectivity index (χ4v) is 3.97. The monoisotopic (exact) mass is 396 g/mol. The lowest BCUT2D eigenvalue weighted by atomic mass is 9.88. The molecular formula is C23H37ClO3. The van der Waals surface area contributed by atoms with Crippen LogP contribution in [0.15, 0.2) is 0 Å². The number of esters is 1. The predicted octanol–water partition coefficient (Wildman–Crippen LogP) is 6.65. The predicted molar refractivity (Wildman–Crippen MR) is 114 cm³/mol. The second-order valence-corrected chi connectivity index (χ2v) is 7.69. The quantitative estimate of drug-likeness (QED) is 0.230. The molecule has 0 aliphatic rings. The number of alkyl halides is 1. The summed E-state index contributed by atoms with van der Waals surface area (Å²) >= 11 is 5.98. The summed E-state index contributed by atoms with van der Waals surface area (Å²) in [5.74, 6) is 0.150. The zero-order valence-electron chi connectivity index (χ0n) is 17.6. The highest BCUT2D eigenvalue weighted by Crippen LogP contribution is 2.35. The largest absolute Gasteiger partial charge is 0.507 e. The molecule has 1 rings (SSSR count). The minimum absolute atomic E-state index is 0.102. The number of rotatable bonds is 13. The van der Waals surface area contributed by atoms with E-state index in [1.54, 1.807) is 6.92 Å². The van der Waals surface area contributed by atoms with Gasteiger partial charge in [0.25, 0.3) is 0 Å². The van der Waals surface area contributed by atoms with E-state index in [0.29, 0.717) is 24.5 Å². The van der Waals surface area contributed by atoms with Crippen LogP contribution in [-0.2, 0) is 17.6 Å². The molecule has 0 aliphatic carbocycles. The molecule has 0 saturated heterocycles. The van der Waals surface area contributed by atoms with E-state index in [9.17, 15) is 9.90 Å².